The first-order valence-corrected chi connectivity index (χ1v) is 9.02. The Morgan fingerprint density at radius 3 is 2.75 bits per heavy atom. The Balaban J connectivity index is 1.63. The van der Waals surface area contributed by atoms with E-state index in [1.807, 2.05) is 48.8 Å². The van der Waals surface area contributed by atoms with Crippen molar-refractivity contribution in [3.63, 3.8) is 0 Å². The summed E-state index contributed by atoms with van der Waals surface area (Å²) in [5.41, 5.74) is 3.65. The fourth-order valence-electron chi connectivity index (χ4n) is 2.95. The molecule has 0 aliphatic carbocycles. The van der Waals surface area contributed by atoms with Crippen molar-refractivity contribution < 1.29 is 4.39 Å². The minimum absolute atomic E-state index is 0.0402. The molecule has 0 atom stereocenters. The molecule has 142 valence electrons. The predicted molar refractivity (Wildman–Crippen MR) is 110 cm³/mol. The largest absolute Gasteiger partial charge is 0.329 e. The lowest BCUT2D eigenvalue weighted by Gasteiger charge is -2.19. The highest BCUT2D eigenvalue weighted by Gasteiger charge is 2.11. The summed E-state index contributed by atoms with van der Waals surface area (Å²) >= 11 is 5.83. The lowest BCUT2D eigenvalue weighted by Crippen LogP contribution is -2.12. The summed E-state index contributed by atoms with van der Waals surface area (Å²) in [5.74, 6) is 0.639. The Morgan fingerprint density at radius 1 is 1.14 bits per heavy atom. The quantitative estimate of drug-likeness (QED) is 0.527. The molecule has 2 aromatic carbocycles. The molecule has 8 heteroatoms. The SMILES string of the molecule is Cc1c2cc(N(C)c3ccnc(Nc4ccc(F)c(Cl)c4)n3)ccc2nn1C. The van der Waals surface area contributed by atoms with Gasteiger partial charge in [0.15, 0.2) is 0 Å². The fraction of sp³-hybridized carbons (Fsp3) is 0.150. The minimum Gasteiger partial charge on any atom is -0.329 e. The van der Waals surface area contributed by atoms with Crippen LogP contribution in [0.3, 0.4) is 0 Å². The molecule has 0 fully saturated rings. The van der Waals surface area contributed by atoms with Crippen LogP contribution in [0.4, 0.5) is 27.5 Å². The lowest BCUT2D eigenvalue weighted by atomic mass is 10.2. The summed E-state index contributed by atoms with van der Waals surface area (Å²) in [6.07, 6.45) is 1.67. The lowest BCUT2D eigenvalue weighted by molar-refractivity contribution is 0.628. The molecule has 6 nitrogen and oxygen atoms in total. The highest BCUT2D eigenvalue weighted by atomic mass is 35.5. The number of fused-ring (bicyclic) bond motifs is 1. The van der Waals surface area contributed by atoms with Crippen molar-refractivity contribution in [3.8, 4) is 0 Å². The molecule has 0 aliphatic rings. The van der Waals surface area contributed by atoms with Crippen molar-refractivity contribution in [2.75, 3.05) is 17.3 Å². The monoisotopic (exact) mass is 396 g/mol. The Kier molecular flexibility index (Phi) is 4.60. The van der Waals surface area contributed by atoms with Gasteiger partial charge in [-0.3, -0.25) is 4.68 Å². The van der Waals surface area contributed by atoms with E-state index in [1.54, 1.807) is 12.3 Å². The number of benzene rings is 2. The third kappa shape index (κ3) is 3.36. The first kappa shape index (κ1) is 18.2. The van der Waals surface area contributed by atoms with Crippen LogP contribution in [0.15, 0.2) is 48.7 Å². The van der Waals surface area contributed by atoms with Crippen molar-refractivity contribution in [1.29, 1.82) is 0 Å². The van der Waals surface area contributed by atoms with Gasteiger partial charge in [0.05, 0.1) is 10.5 Å². The molecule has 1 N–H and O–H groups in total. The molecule has 0 bridgehead atoms. The van der Waals surface area contributed by atoms with E-state index in [1.165, 1.54) is 12.1 Å². The molecule has 0 spiro atoms. The standard InChI is InChI=1S/C20H18ClFN6/c1-12-15-11-14(5-7-18(15)26-28(12)3)27(2)19-8-9-23-20(25-19)24-13-4-6-17(22)16(21)10-13/h4-11H,1-3H3,(H,23,24,25). The van der Waals surface area contributed by atoms with E-state index in [4.69, 9.17) is 11.6 Å². The van der Waals surface area contributed by atoms with Gasteiger partial charge in [-0.2, -0.15) is 10.1 Å². The number of nitrogens with one attached hydrogen (secondary N) is 1. The maximum absolute atomic E-state index is 13.3. The number of aryl methyl sites for hydroxylation is 2. The average Bonchev–Trinajstić information content (AvgIpc) is 2.98. The molecule has 0 amide bonds. The molecular formula is C20H18ClFN6. The van der Waals surface area contributed by atoms with Gasteiger partial charge in [-0.15, -0.1) is 0 Å². The zero-order valence-corrected chi connectivity index (χ0v) is 16.4. The van der Waals surface area contributed by atoms with Crippen LogP contribution in [0, 0.1) is 12.7 Å². The number of halogens is 2. The fourth-order valence-corrected chi connectivity index (χ4v) is 3.13. The molecule has 2 aromatic heterocycles. The van der Waals surface area contributed by atoms with Gasteiger partial charge in [0, 0.05) is 42.7 Å². The van der Waals surface area contributed by atoms with Gasteiger partial charge in [0.2, 0.25) is 5.95 Å². The van der Waals surface area contributed by atoms with Gasteiger partial charge in [-0.25, -0.2) is 9.37 Å². The van der Waals surface area contributed by atoms with Crippen LogP contribution in [0.2, 0.25) is 5.02 Å². The van der Waals surface area contributed by atoms with Crippen molar-refractivity contribution in [2.24, 2.45) is 7.05 Å². The molecule has 0 unspecified atom stereocenters. The number of anilines is 4. The maximum Gasteiger partial charge on any atom is 0.229 e. The second-order valence-corrected chi connectivity index (χ2v) is 6.87. The second kappa shape index (κ2) is 7.09. The normalized spacial score (nSPS) is 11.0. The van der Waals surface area contributed by atoms with Crippen molar-refractivity contribution in [3.05, 3.63) is 65.2 Å². The van der Waals surface area contributed by atoms with Crippen LogP contribution in [0.5, 0.6) is 0 Å². The van der Waals surface area contributed by atoms with E-state index in [0.717, 1.165) is 22.3 Å². The van der Waals surface area contributed by atoms with Crippen LogP contribution < -0.4 is 10.2 Å². The predicted octanol–water partition coefficient (Wildman–Crippen LogP) is 4.98. The number of nitrogens with zero attached hydrogens (tertiary/aromatic N) is 5. The van der Waals surface area contributed by atoms with E-state index in [2.05, 4.69) is 26.4 Å². The van der Waals surface area contributed by atoms with Crippen LogP contribution in [0.25, 0.3) is 10.9 Å². The van der Waals surface area contributed by atoms with E-state index in [-0.39, 0.29) is 5.02 Å². The summed E-state index contributed by atoms with van der Waals surface area (Å²) in [4.78, 5) is 10.7. The molecule has 4 aromatic rings. The molecule has 4 rings (SSSR count). The molecule has 28 heavy (non-hydrogen) atoms. The summed E-state index contributed by atoms with van der Waals surface area (Å²) in [6, 6.07) is 12.3. The van der Waals surface area contributed by atoms with E-state index < -0.39 is 5.82 Å². The Hall–Kier alpha value is -3.19. The second-order valence-electron chi connectivity index (χ2n) is 6.46. The number of hydrogen-bond acceptors (Lipinski definition) is 5. The number of rotatable bonds is 4. The molecule has 0 saturated carbocycles. The van der Waals surface area contributed by atoms with Crippen LogP contribution in [-0.2, 0) is 7.05 Å². The van der Waals surface area contributed by atoms with Gasteiger partial charge in [0.1, 0.15) is 11.6 Å². The average molecular weight is 397 g/mol. The van der Waals surface area contributed by atoms with Crippen LogP contribution in [-0.4, -0.2) is 26.8 Å². The summed E-state index contributed by atoms with van der Waals surface area (Å²) < 4.78 is 15.2. The van der Waals surface area contributed by atoms with Gasteiger partial charge < -0.3 is 10.2 Å². The number of hydrogen-bond donors (Lipinski definition) is 1. The van der Waals surface area contributed by atoms with E-state index >= 15 is 0 Å². The summed E-state index contributed by atoms with van der Waals surface area (Å²) in [6.45, 7) is 2.04. The highest BCUT2D eigenvalue weighted by molar-refractivity contribution is 6.31. The first-order valence-electron chi connectivity index (χ1n) is 8.64. The molecule has 0 saturated heterocycles. The van der Waals surface area contributed by atoms with Crippen molar-refractivity contribution >= 4 is 45.6 Å². The van der Waals surface area contributed by atoms with Crippen LogP contribution in [0.1, 0.15) is 5.69 Å². The summed E-state index contributed by atoms with van der Waals surface area (Å²) in [7, 11) is 3.87. The summed E-state index contributed by atoms with van der Waals surface area (Å²) in [5, 5.41) is 8.67. The minimum atomic E-state index is -0.470. The van der Waals surface area contributed by atoms with Crippen molar-refractivity contribution in [1.82, 2.24) is 19.7 Å². The van der Waals surface area contributed by atoms with Crippen molar-refractivity contribution in [2.45, 2.75) is 6.92 Å². The molecular weight excluding hydrogens is 379 g/mol. The van der Waals surface area contributed by atoms with Gasteiger partial charge in [0.25, 0.3) is 0 Å². The van der Waals surface area contributed by atoms with Gasteiger partial charge in [-0.1, -0.05) is 11.6 Å². The Morgan fingerprint density at radius 2 is 1.96 bits per heavy atom. The first-order chi connectivity index (χ1) is 13.4. The van der Waals surface area contributed by atoms with Gasteiger partial charge >= 0.3 is 0 Å². The van der Waals surface area contributed by atoms with E-state index in [9.17, 15) is 4.39 Å². The Bertz CT molecular complexity index is 1170. The molecule has 0 radical (unpaired) electrons. The zero-order chi connectivity index (χ0) is 19.8. The Labute approximate surface area is 166 Å². The molecule has 2 heterocycles. The third-order valence-electron chi connectivity index (χ3n) is 4.66. The zero-order valence-electron chi connectivity index (χ0n) is 15.6. The molecule has 0 aliphatic heterocycles. The third-order valence-corrected chi connectivity index (χ3v) is 4.95. The highest BCUT2D eigenvalue weighted by Crippen LogP contribution is 2.28. The topological polar surface area (TPSA) is 58.9 Å². The maximum atomic E-state index is 13.3. The smallest absolute Gasteiger partial charge is 0.229 e. The van der Waals surface area contributed by atoms with Gasteiger partial charge in [-0.05, 0) is 49.4 Å². The van der Waals surface area contributed by atoms with Crippen LogP contribution >= 0.6 is 11.6 Å². The number of aromatic nitrogens is 4. The van der Waals surface area contributed by atoms with E-state index in [0.29, 0.717) is 17.5 Å².